The van der Waals surface area contributed by atoms with Crippen molar-refractivity contribution in [1.29, 1.82) is 0 Å². The molecule has 0 spiro atoms. The molecular formula is C11H22N2O3. The molecule has 0 heterocycles. The van der Waals surface area contributed by atoms with E-state index in [2.05, 4.69) is 10.6 Å². The van der Waals surface area contributed by atoms with Crippen LogP contribution in [0.3, 0.4) is 0 Å². The fourth-order valence-electron chi connectivity index (χ4n) is 0.989. The van der Waals surface area contributed by atoms with E-state index >= 15 is 0 Å². The van der Waals surface area contributed by atoms with Gasteiger partial charge in [0.25, 0.3) is 0 Å². The first-order valence-electron chi connectivity index (χ1n) is 5.40. The van der Waals surface area contributed by atoms with E-state index in [-0.39, 0.29) is 24.0 Å². The maximum absolute atomic E-state index is 11.5. The van der Waals surface area contributed by atoms with Gasteiger partial charge in [-0.25, -0.2) is 0 Å². The van der Waals surface area contributed by atoms with Gasteiger partial charge >= 0.3 is 5.97 Å². The quantitative estimate of drug-likeness (QED) is 0.646. The van der Waals surface area contributed by atoms with Crippen molar-refractivity contribution >= 4 is 11.9 Å². The van der Waals surface area contributed by atoms with Crippen LogP contribution in [-0.4, -0.2) is 35.1 Å². The molecule has 2 unspecified atom stereocenters. The second-order valence-corrected chi connectivity index (χ2v) is 5.09. The molecule has 0 aliphatic rings. The minimum atomic E-state index is -0.906. The summed E-state index contributed by atoms with van der Waals surface area (Å²) in [5.41, 5.74) is -0.126. The molecule has 0 saturated heterocycles. The highest BCUT2D eigenvalue weighted by Crippen LogP contribution is 2.02. The van der Waals surface area contributed by atoms with Gasteiger partial charge in [0, 0.05) is 11.6 Å². The second kappa shape index (κ2) is 5.84. The number of nitrogens with one attached hydrogen (secondary N) is 2. The molecule has 94 valence electrons. The Morgan fingerprint density at radius 3 is 2.12 bits per heavy atom. The molecule has 0 radical (unpaired) electrons. The van der Waals surface area contributed by atoms with Gasteiger partial charge < -0.3 is 15.7 Å². The summed E-state index contributed by atoms with van der Waals surface area (Å²) >= 11 is 0. The molecule has 5 heteroatoms. The zero-order chi connectivity index (χ0) is 12.9. The summed E-state index contributed by atoms with van der Waals surface area (Å²) in [6, 6.07) is -0.369. The maximum Gasteiger partial charge on any atom is 0.308 e. The van der Waals surface area contributed by atoms with Crippen molar-refractivity contribution in [3.8, 4) is 0 Å². The van der Waals surface area contributed by atoms with Crippen LogP contribution in [0.4, 0.5) is 0 Å². The van der Waals surface area contributed by atoms with E-state index in [1.165, 1.54) is 0 Å². The zero-order valence-corrected chi connectivity index (χ0v) is 10.6. The summed E-state index contributed by atoms with van der Waals surface area (Å²) in [6.07, 6.45) is 0. The lowest BCUT2D eigenvalue weighted by atomic mass is 10.0. The van der Waals surface area contributed by atoms with E-state index in [0.29, 0.717) is 0 Å². The molecule has 0 aromatic rings. The zero-order valence-electron chi connectivity index (χ0n) is 10.6. The standard InChI is InChI=1S/C11H22N2O3/c1-7(10(15)16)8(2)13-9(14)6-12-11(3,4)5/h7-8,12H,6H2,1-5H3,(H,13,14)(H,15,16). The first-order chi connectivity index (χ1) is 7.13. The maximum atomic E-state index is 11.5. The number of carboxylic acid groups (broad SMARTS) is 1. The number of aliphatic carboxylic acids is 1. The van der Waals surface area contributed by atoms with E-state index < -0.39 is 11.9 Å². The van der Waals surface area contributed by atoms with Gasteiger partial charge in [-0.2, -0.15) is 0 Å². The van der Waals surface area contributed by atoms with E-state index in [1.807, 2.05) is 20.8 Å². The SMILES string of the molecule is CC(NC(=O)CNC(C)(C)C)C(C)C(=O)O. The van der Waals surface area contributed by atoms with Gasteiger partial charge in [0.1, 0.15) is 0 Å². The predicted molar refractivity (Wildman–Crippen MR) is 62.2 cm³/mol. The third-order valence-electron chi connectivity index (χ3n) is 2.31. The summed E-state index contributed by atoms with van der Waals surface area (Å²) in [5.74, 6) is -1.68. The number of amides is 1. The van der Waals surface area contributed by atoms with Gasteiger partial charge in [0.2, 0.25) is 5.91 Å². The highest BCUT2D eigenvalue weighted by atomic mass is 16.4. The van der Waals surface area contributed by atoms with Crippen molar-refractivity contribution in [1.82, 2.24) is 10.6 Å². The number of carboxylic acids is 1. The van der Waals surface area contributed by atoms with Gasteiger partial charge in [0.05, 0.1) is 12.5 Å². The number of hydrogen-bond donors (Lipinski definition) is 3. The summed E-state index contributed by atoms with van der Waals surface area (Å²) in [6.45, 7) is 9.34. The normalized spacial score (nSPS) is 15.3. The summed E-state index contributed by atoms with van der Waals surface area (Å²) in [5, 5.41) is 14.4. The van der Waals surface area contributed by atoms with Crippen molar-refractivity contribution in [3.63, 3.8) is 0 Å². The van der Waals surface area contributed by atoms with E-state index in [0.717, 1.165) is 0 Å². The minimum Gasteiger partial charge on any atom is -0.481 e. The molecule has 16 heavy (non-hydrogen) atoms. The van der Waals surface area contributed by atoms with Crippen molar-refractivity contribution < 1.29 is 14.7 Å². The molecule has 3 N–H and O–H groups in total. The molecule has 0 aromatic carbocycles. The van der Waals surface area contributed by atoms with Crippen molar-refractivity contribution in [2.45, 2.75) is 46.2 Å². The third-order valence-corrected chi connectivity index (χ3v) is 2.31. The Kier molecular flexibility index (Phi) is 5.44. The molecule has 0 aliphatic heterocycles. The largest absolute Gasteiger partial charge is 0.481 e. The Bertz CT molecular complexity index is 258. The molecule has 0 saturated carbocycles. The molecule has 0 fully saturated rings. The van der Waals surface area contributed by atoms with Gasteiger partial charge in [-0.05, 0) is 34.6 Å². The van der Waals surface area contributed by atoms with Crippen LogP contribution in [0.15, 0.2) is 0 Å². The van der Waals surface area contributed by atoms with Crippen LogP contribution in [-0.2, 0) is 9.59 Å². The Morgan fingerprint density at radius 2 is 1.75 bits per heavy atom. The van der Waals surface area contributed by atoms with Crippen LogP contribution in [0.1, 0.15) is 34.6 Å². The molecule has 0 rings (SSSR count). The summed E-state index contributed by atoms with van der Waals surface area (Å²) in [4.78, 5) is 22.1. The molecule has 1 amide bonds. The number of rotatable bonds is 5. The van der Waals surface area contributed by atoms with E-state index in [9.17, 15) is 9.59 Å². The Morgan fingerprint density at radius 1 is 1.25 bits per heavy atom. The van der Waals surface area contributed by atoms with Gasteiger partial charge in [-0.15, -0.1) is 0 Å². The van der Waals surface area contributed by atoms with Crippen LogP contribution in [0.2, 0.25) is 0 Å². The monoisotopic (exact) mass is 230 g/mol. The van der Waals surface area contributed by atoms with Crippen LogP contribution >= 0.6 is 0 Å². The molecule has 5 nitrogen and oxygen atoms in total. The Balaban J connectivity index is 4.01. The second-order valence-electron chi connectivity index (χ2n) is 5.09. The van der Waals surface area contributed by atoms with E-state index in [4.69, 9.17) is 5.11 Å². The molecule has 0 aromatic heterocycles. The lowest BCUT2D eigenvalue weighted by Crippen LogP contribution is -2.47. The minimum absolute atomic E-state index is 0.126. The third kappa shape index (κ3) is 6.40. The molecule has 0 bridgehead atoms. The van der Waals surface area contributed by atoms with E-state index in [1.54, 1.807) is 13.8 Å². The van der Waals surface area contributed by atoms with Crippen LogP contribution in [0, 0.1) is 5.92 Å². The lowest BCUT2D eigenvalue weighted by molar-refractivity contribution is -0.142. The first kappa shape index (κ1) is 14.9. The Labute approximate surface area is 96.6 Å². The number of carbonyl (C=O) groups is 2. The topological polar surface area (TPSA) is 78.4 Å². The first-order valence-corrected chi connectivity index (χ1v) is 5.40. The van der Waals surface area contributed by atoms with Crippen molar-refractivity contribution in [2.75, 3.05) is 6.54 Å². The summed E-state index contributed by atoms with van der Waals surface area (Å²) < 4.78 is 0. The van der Waals surface area contributed by atoms with Crippen molar-refractivity contribution in [2.24, 2.45) is 5.92 Å². The average molecular weight is 230 g/mol. The highest BCUT2D eigenvalue weighted by Gasteiger charge is 2.21. The van der Waals surface area contributed by atoms with Crippen LogP contribution in [0.25, 0.3) is 0 Å². The molecular weight excluding hydrogens is 208 g/mol. The highest BCUT2D eigenvalue weighted by molar-refractivity contribution is 5.79. The van der Waals surface area contributed by atoms with Gasteiger partial charge in [-0.1, -0.05) is 0 Å². The predicted octanol–water partition coefficient (Wildman–Crippen LogP) is 0.600. The molecule has 2 atom stereocenters. The summed E-state index contributed by atoms with van der Waals surface area (Å²) in [7, 11) is 0. The Hall–Kier alpha value is -1.10. The van der Waals surface area contributed by atoms with Crippen LogP contribution < -0.4 is 10.6 Å². The molecule has 0 aliphatic carbocycles. The van der Waals surface area contributed by atoms with Crippen molar-refractivity contribution in [3.05, 3.63) is 0 Å². The van der Waals surface area contributed by atoms with Crippen LogP contribution in [0.5, 0.6) is 0 Å². The number of hydrogen-bond acceptors (Lipinski definition) is 3. The smallest absolute Gasteiger partial charge is 0.308 e. The lowest BCUT2D eigenvalue weighted by Gasteiger charge is -2.22. The fraction of sp³-hybridized carbons (Fsp3) is 0.818. The fourth-order valence-corrected chi connectivity index (χ4v) is 0.989. The van der Waals surface area contributed by atoms with Gasteiger partial charge in [0.15, 0.2) is 0 Å². The van der Waals surface area contributed by atoms with Gasteiger partial charge in [-0.3, -0.25) is 9.59 Å². The number of carbonyl (C=O) groups excluding carboxylic acids is 1. The average Bonchev–Trinajstić information content (AvgIpc) is 2.12.